The molecule has 0 aliphatic carbocycles. The molecule has 15 heavy (non-hydrogen) atoms. The first kappa shape index (κ1) is 12.5. The van der Waals surface area contributed by atoms with E-state index in [2.05, 4.69) is 29.8 Å². The van der Waals surface area contributed by atoms with Gasteiger partial charge in [0, 0.05) is 32.4 Å². The van der Waals surface area contributed by atoms with Crippen LogP contribution in [0.2, 0.25) is 0 Å². The average Bonchev–Trinajstić information content (AvgIpc) is 2.29. The topological polar surface area (TPSA) is 15.7 Å². The summed E-state index contributed by atoms with van der Waals surface area (Å²) in [6, 6.07) is 0. The number of hydrogen-bond acceptors (Lipinski definition) is 3. The number of thiocarbonyl (C=S) groups is 1. The molecular weight excluding hydrogens is 208 g/mol. The minimum atomic E-state index is 0.822. The van der Waals surface area contributed by atoms with Gasteiger partial charge < -0.3 is 14.5 Å². The van der Waals surface area contributed by atoms with E-state index in [9.17, 15) is 0 Å². The Morgan fingerprint density at radius 1 is 1.33 bits per heavy atom. The van der Waals surface area contributed by atoms with Gasteiger partial charge in [-0.3, -0.25) is 0 Å². The van der Waals surface area contributed by atoms with Gasteiger partial charge in [0.15, 0.2) is 0 Å². The van der Waals surface area contributed by atoms with Gasteiger partial charge in [-0.2, -0.15) is 0 Å². The van der Waals surface area contributed by atoms with E-state index >= 15 is 0 Å². The van der Waals surface area contributed by atoms with Gasteiger partial charge in [0.25, 0.3) is 0 Å². The maximum atomic E-state index is 5.32. The summed E-state index contributed by atoms with van der Waals surface area (Å²) in [5.41, 5.74) is 0. The van der Waals surface area contributed by atoms with E-state index in [0.717, 1.165) is 44.4 Å². The molecule has 1 heterocycles. The fourth-order valence-corrected chi connectivity index (χ4v) is 1.86. The second-order valence-electron chi connectivity index (χ2n) is 3.47. The lowest BCUT2D eigenvalue weighted by Crippen LogP contribution is -2.33. The van der Waals surface area contributed by atoms with Gasteiger partial charge in [-0.05, 0) is 19.9 Å². The first-order valence-electron chi connectivity index (χ1n) is 5.56. The smallest absolute Gasteiger partial charge is 0.103 e. The summed E-state index contributed by atoms with van der Waals surface area (Å²) in [6.45, 7) is 9.78. The van der Waals surface area contributed by atoms with Crippen molar-refractivity contribution in [2.24, 2.45) is 0 Å². The second kappa shape index (κ2) is 6.80. The normalized spacial score (nSPS) is 17.1. The van der Waals surface area contributed by atoms with Crippen LogP contribution in [0.4, 0.5) is 0 Å². The molecule has 1 aliphatic rings. The Bertz CT molecular complexity index is 221. The van der Waals surface area contributed by atoms with Gasteiger partial charge in [0.05, 0.1) is 13.2 Å². The summed E-state index contributed by atoms with van der Waals surface area (Å²) in [7, 11) is 0. The van der Waals surface area contributed by atoms with Gasteiger partial charge in [0.1, 0.15) is 4.99 Å². The molecule has 0 atom stereocenters. The van der Waals surface area contributed by atoms with Crippen LogP contribution >= 0.6 is 12.2 Å². The molecule has 1 saturated heterocycles. The lowest BCUT2D eigenvalue weighted by Gasteiger charge is -2.26. The third kappa shape index (κ3) is 4.18. The number of morpholine rings is 1. The molecule has 0 unspecified atom stereocenters. The van der Waals surface area contributed by atoms with E-state index < -0.39 is 0 Å². The summed E-state index contributed by atoms with van der Waals surface area (Å²) in [4.78, 5) is 5.34. The van der Waals surface area contributed by atoms with E-state index in [1.807, 2.05) is 6.08 Å². The standard InChI is InChI=1S/C11H20N2OS/c1-3-13(4-2)11(15)5-6-12-7-9-14-10-8-12/h5-6H,3-4,7-10H2,1-2H3. The Labute approximate surface area is 97.7 Å². The van der Waals surface area contributed by atoms with Crippen molar-refractivity contribution in [3.05, 3.63) is 12.3 Å². The fourth-order valence-electron chi connectivity index (χ4n) is 1.54. The third-order valence-corrected chi connectivity index (χ3v) is 2.94. The van der Waals surface area contributed by atoms with Crippen molar-refractivity contribution in [1.29, 1.82) is 0 Å². The zero-order chi connectivity index (χ0) is 11.1. The Morgan fingerprint density at radius 2 is 1.93 bits per heavy atom. The fraction of sp³-hybridized carbons (Fsp3) is 0.727. The second-order valence-corrected chi connectivity index (χ2v) is 3.89. The number of likely N-dealkylation sites (N-methyl/N-ethyl adjacent to an activating group) is 1. The van der Waals surface area contributed by atoms with E-state index in [0.29, 0.717) is 0 Å². The first-order valence-corrected chi connectivity index (χ1v) is 5.97. The summed E-state index contributed by atoms with van der Waals surface area (Å²) in [5, 5.41) is 0. The molecule has 3 nitrogen and oxygen atoms in total. The highest BCUT2D eigenvalue weighted by Gasteiger charge is 2.06. The molecule has 1 rings (SSSR count). The predicted molar refractivity (Wildman–Crippen MR) is 67.1 cm³/mol. The summed E-state index contributed by atoms with van der Waals surface area (Å²) in [6.07, 6.45) is 4.11. The predicted octanol–water partition coefficient (Wildman–Crippen LogP) is 1.50. The molecule has 0 aromatic heterocycles. The van der Waals surface area contributed by atoms with Crippen LogP contribution in [0.5, 0.6) is 0 Å². The minimum Gasteiger partial charge on any atom is -0.378 e. The summed E-state index contributed by atoms with van der Waals surface area (Å²) < 4.78 is 5.28. The van der Waals surface area contributed by atoms with Crippen LogP contribution < -0.4 is 0 Å². The minimum absolute atomic E-state index is 0.822. The molecule has 0 N–H and O–H groups in total. The lowest BCUT2D eigenvalue weighted by molar-refractivity contribution is 0.0594. The molecular formula is C11H20N2OS. The number of hydrogen-bond donors (Lipinski definition) is 0. The van der Waals surface area contributed by atoms with Crippen molar-refractivity contribution in [3.63, 3.8) is 0 Å². The van der Waals surface area contributed by atoms with Crippen LogP contribution in [0.25, 0.3) is 0 Å². The number of ether oxygens (including phenoxy) is 1. The quantitative estimate of drug-likeness (QED) is 0.535. The van der Waals surface area contributed by atoms with E-state index in [-0.39, 0.29) is 0 Å². The summed E-state index contributed by atoms with van der Waals surface area (Å²) >= 11 is 5.32. The van der Waals surface area contributed by atoms with Gasteiger partial charge in [-0.15, -0.1) is 0 Å². The highest BCUT2D eigenvalue weighted by atomic mass is 32.1. The van der Waals surface area contributed by atoms with Crippen molar-refractivity contribution < 1.29 is 4.74 Å². The monoisotopic (exact) mass is 228 g/mol. The van der Waals surface area contributed by atoms with Crippen LogP contribution in [0.3, 0.4) is 0 Å². The van der Waals surface area contributed by atoms with E-state index in [1.54, 1.807) is 0 Å². The van der Waals surface area contributed by atoms with Gasteiger partial charge >= 0.3 is 0 Å². The van der Waals surface area contributed by atoms with Crippen LogP contribution in [0.15, 0.2) is 12.3 Å². The SMILES string of the molecule is CCN(CC)C(=S)C=CN1CCOCC1. The molecule has 0 aromatic carbocycles. The molecule has 0 amide bonds. The summed E-state index contributed by atoms with van der Waals surface area (Å²) in [5.74, 6) is 0. The molecule has 86 valence electrons. The zero-order valence-electron chi connectivity index (χ0n) is 9.61. The molecule has 0 aromatic rings. The van der Waals surface area contributed by atoms with Gasteiger partial charge in [0.2, 0.25) is 0 Å². The van der Waals surface area contributed by atoms with Gasteiger partial charge in [-0.1, -0.05) is 12.2 Å². The third-order valence-electron chi connectivity index (χ3n) is 2.55. The van der Waals surface area contributed by atoms with Crippen molar-refractivity contribution >= 4 is 17.2 Å². The molecule has 4 heteroatoms. The van der Waals surface area contributed by atoms with Crippen molar-refractivity contribution in [2.75, 3.05) is 39.4 Å². The highest BCUT2D eigenvalue weighted by molar-refractivity contribution is 7.80. The lowest BCUT2D eigenvalue weighted by atomic mass is 10.4. The molecule has 1 aliphatic heterocycles. The Morgan fingerprint density at radius 3 is 2.47 bits per heavy atom. The van der Waals surface area contributed by atoms with Gasteiger partial charge in [-0.25, -0.2) is 0 Å². The van der Waals surface area contributed by atoms with Crippen LogP contribution in [0.1, 0.15) is 13.8 Å². The molecule has 0 spiro atoms. The molecule has 1 fully saturated rings. The highest BCUT2D eigenvalue weighted by Crippen LogP contribution is 1.99. The van der Waals surface area contributed by atoms with Crippen LogP contribution in [-0.2, 0) is 4.74 Å². The number of rotatable bonds is 4. The molecule has 0 bridgehead atoms. The Balaban J connectivity index is 2.37. The van der Waals surface area contributed by atoms with Crippen molar-refractivity contribution in [1.82, 2.24) is 9.80 Å². The van der Waals surface area contributed by atoms with Crippen LogP contribution in [-0.4, -0.2) is 54.2 Å². The van der Waals surface area contributed by atoms with Crippen LogP contribution in [0, 0.1) is 0 Å². The maximum absolute atomic E-state index is 5.32. The first-order chi connectivity index (χ1) is 7.27. The molecule has 0 radical (unpaired) electrons. The van der Waals surface area contributed by atoms with Crippen molar-refractivity contribution in [2.45, 2.75) is 13.8 Å². The maximum Gasteiger partial charge on any atom is 0.103 e. The van der Waals surface area contributed by atoms with Crippen molar-refractivity contribution in [3.8, 4) is 0 Å². The van der Waals surface area contributed by atoms with E-state index in [4.69, 9.17) is 17.0 Å². The molecule has 0 saturated carbocycles. The largest absolute Gasteiger partial charge is 0.378 e. The number of nitrogens with zero attached hydrogens (tertiary/aromatic N) is 2. The zero-order valence-corrected chi connectivity index (χ0v) is 10.4. The Hall–Kier alpha value is -0.610. The van der Waals surface area contributed by atoms with E-state index in [1.165, 1.54) is 0 Å². The Kier molecular flexibility index (Phi) is 5.65. The average molecular weight is 228 g/mol.